The molecule has 0 radical (unpaired) electrons. The highest BCUT2D eigenvalue weighted by Crippen LogP contribution is 2.35. The van der Waals surface area contributed by atoms with Crippen LogP contribution in [-0.4, -0.2) is 27.3 Å². The number of amides is 1. The molecule has 2 heterocycles. The minimum atomic E-state index is -0.256. The Bertz CT molecular complexity index is 1070. The molecule has 1 aliphatic rings. The number of ether oxygens (including phenoxy) is 2. The van der Waals surface area contributed by atoms with Gasteiger partial charge >= 0.3 is 0 Å². The van der Waals surface area contributed by atoms with Gasteiger partial charge in [-0.15, -0.1) is 0 Å². The van der Waals surface area contributed by atoms with E-state index in [1.165, 1.54) is 6.33 Å². The molecule has 1 atom stereocenters. The predicted octanol–water partition coefficient (Wildman–Crippen LogP) is 3.06. The summed E-state index contributed by atoms with van der Waals surface area (Å²) in [5, 5.41) is 15.8. The highest BCUT2D eigenvalue weighted by Gasteiger charge is 2.28. The highest BCUT2D eigenvalue weighted by atomic mass is 16.5. The molecule has 8 nitrogen and oxygen atoms in total. The lowest BCUT2D eigenvalue weighted by atomic mass is 10.0. The minimum absolute atomic E-state index is 0.102. The summed E-state index contributed by atoms with van der Waals surface area (Å²) >= 11 is 0. The molecular formula is C21H19N5O3. The number of carbonyl (C=O) groups is 1. The number of rotatable bonds is 6. The zero-order valence-electron chi connectivity index (χ0n) is 15.8. The van der Waals surface area contributed by atoms with Crippen LogP contribution in [0, 0.1) is 11.3 Å². The Morgan fingerprint density at radius 1 is 1.21 bits per heavy atom. The molecule has 0 fully saturated rings. The van der Waals surface area contributed by atoms with Crippen molar-refractivity contribution < 1.29 is 14.3 Å². The van der Waals surface area contributed by atoms with E-state index in [1.54, 1.807) is 16.8 Å². The zero-order valence-corrected chi connectivity index (χ0v) is 15.8. The lowest BCUT2D eigenvalue weighted by Gasteiger charge is -2.24. The number of hydrogen-bond acceptors (Lipinski definition) is 6. The minimum Gasteiger partial charge on any atom is -0.490 e. The van der Waals surface area contributed by atoms with Crippen molar-refractivity contribution in [3.05, 3.63) is 65.5 Å². The van der Waals surface area contributed by atoms with E-state index in [4.69, 9.17) is 14.7 Å². The third-order valence-corrected chi connectivity index (χ3v) is 4.63. The number of aromatic nitrogens is 3. The summed E-state index contributed by atoms with van der Waals surface area (Å²) in [4.78, 5) is 16.1. The molecule has 0 aliphatic carbocycles. The molecule has 1 N–H and O–H groups in total. The molecule has 2 aromatic carbocycles. The first-order chi connectivity index (χ1) is 14.2. The molecule has 1 aromatic heterocycles. The maximum absolute atomic E-state index is 12.0. The molecule has 8 heteroatoms. The number of benzene rings is 2. The van der Waals surface area contributed by atoms with Crippen molar-refractivity contribution >= 4 is 11.9 Å². The molecular weight excluding hydrogens is 370 g/mol. The Labute approximate surface area is 167 Å². The summed E-state index contributed by atoms with van der Waals surface area (Å²) < 4.78 is 13.4. The molecule has 0 spiro atoms. The summed E-state index contributed by atoms with van der Waals surface area (Å²) in [5.41, 5.74) is 2.45. The highest BCUT2D eigenvalue weighted by molar-refractivity contribution is 5.91. The van der Waals surface area contributed by atoms with Crippen molar-refractivity contribution in [2.45, 2.75) is 26.0 Å². The monoisotopic (exact) mass is 389 g/mol. The van der Waals surface area contributed by atoms with Gasteiger partial charge in [-0.05, 0) is 42.3 Å². The fraction of sp³-hybridized carbons (Fsp3) is 0.238. The number of carbonyl (C=O) groups excluding carboxylic acids is 1. The van der Waals surface area contributed by atoms with Crippen LogP contribution in [0.1, 0.15) is 36.1 Å². The van der Waals surface area contributed by atoms with Gasteiger partial charge in [0.1, 0.15) is 12.9 Å². The Kier molecular flexibility index (Phi) is 5.12. The Morgan fingerprint density at radius 3 is 2.79 bits per heavy atom. The van der Waals surface area contributed by atoms with Crippen LogP contribution < -0.4 is 14.8 Å². The van der Waals surface area contributed by atoms with E-state index in [0.717, 1.165) is 11.1 Å². The van der Waals surface area contributed by atoms with Gasteiger partial charge in [0.25, 0.3) is 0 Å². The third kappa shape index (κ3) is 3.89. The quantitative estimate of drug-likeness (QED) is 0.695. The van der Waals surface area contributed by atoms with Crippen LogP contribution in [0.5, 0.6) is 11.5 Å². The number of nitrogens with zero attached hydrogens (tertiary/aromatic N) is 4. The predicted molar refractivity (Wildman–Crippen MR) is 105 cm³/mol. The van der Waals surface area contributed by atoms with Crippen LogP contribution in [0.2, 0.25) is 0 Å². The maximum Gasteiger partial charge on any atom is 0.229 e. The van der Waals surface area contributed by atoms with Crippen molar-refractivity contribution in [1.82, 2.24) is 14.8 Å². The molecule has 0 bridgehead atoms. The van der Waals surface area contributed by atoms with Gasteiger partial charge in [-0.1, -0.05) is 18.2 Å². The molecule has 0 unspecified atom stereocenters. The molecule has 0 saturated carbocycles. The average molecular weight is 389 g/mol. The second-order valence-corrected chi connectivity index (χ2v) is 6.53. The molecule has 1 amide bonds. The molecule has 29 heavy (non-hydrogen) atoms. The standard InChI is InChI=1S/C21H19N5O3/c1-2-28-19-9-16(17-10-20(27)25-21-23-13-24-26(17)21)7-8-18(19)29-12-15-5-3-14(11-22)4-6-15/h3-9,13,17H,2,10,12H2,1H3,(H,23,24,25,27)/t17-/m1/s1. The lowest BCUT2D eigenvalue weighted by Crippen LogP contribution is -2.29. The summed E-state index contributed by atoms with van der Waals surface area (Å²) in [6.07, 6.45) is 1.69. The van der Waals surface area contributed by atoms with E-state index >= 15 is 0 Å². The summed E-state index contributed by atoms with van der Waals surface area (Å²) in [6.45, 7) is 2.74. The number of nitrogens with one attached hydrogen (secondary N) is 1. The van der Waals surface area contributed by atoms with E-state index in [0.29, 0.717) is 36.2 Å². The van der Waals surface area contributed by atoms with Gasteiger partial charge in [-0.25, -0.2) is 4.68 Å². The van der Waals surface area contributed by atoms with Gasteiger partial charge in [0.05, 0.1) is 30.7 Å². The molecule has 4 rings (SSSR count). The van der Waals surface area contributed by atoms with Crippen LogP contribution in [0.4, 0.5) is 5.95 Å². The smallest absolute Gasteiger partial charge is 0.229 e. The van der Waals surface area contributed by atoms with Crippen LogP contribution in [-0.2, 0) is 11.4 Å². The van der Waals surface area contributed by atoms with E-state index in [-0.39, 0.29) is 18.4 Å². The van der Waals surface area contributed by atoms with Crippen molar-refractivity contribution in [3.63, 3.8) is 0 Å². The van der Waals surface area contributed by atoms with Gasteiger partial charge in [-0.2, -0.15) is 15.3 Å². The Balaban J connectivity index is 1.57. The fourth-order valence-electron chi connectivity index (χ4n) is 3.22. The van der Waals surface area contributed by atoms with Crippen molar-refractivity contribution in [2.75, 3.05) is 11.9 Å². The summed E-state index contributed by atoms with van der Waals surface area (Å²) in [6, 6.07) is 14.7. The second-order valence-electron chi connectivity index (χ2n) is 6.53. The van der Waals surface area contributed by atoms with E-state index in [9.17, 15) is 4.79 Å². The first-order valence-electron chi connectivity index (χ1n) is 9.26. The van der Waals surface area contributed by atoms with Gasteiger partial charge in [0, 0.05) is 0 Å². The van der Waals surface area contributed by atoms with Crippen LogP contribution in [0.25, 0.3) is 0 Å². The van der Waals surface area contributed by atoms with Crippen LogP contribution in [0.15, 0.2) is 48.8 Å². The number of anilines is 1. The average Bonchev–Trinajstić information content (AvgIpc) is 3.21. The largest absolute Gasteiger partial charge is 0.490 e. The van der Waals surface area contributed by atoms with E-state index < -0.39 is 0 Å². The van der Waals surface area contributed by atoms with Crippen molar-refractivity contribution in [1.29, 1.82) is 5.26 Å². The van der Waals surface area contributed by atoms with Crippen LogP contribution >= 0.6 is 0 Å². The summed E-state index contributed by atoms with van der Waals surface area (Å²) in [7, 11) is 0. The fourth-order valence-corrected chi connectivity index (χ4v) is 3.22. The number of hydrogen-bond donors (Lipinski definition) is 1. The first-order valence-corrected chi connectivity index (χ1v) is 9.26. The maximum atomic E-state index is 12.0. The van der Waals surface area contributed by atoms with Gasteiger partial charge in [0.2, 0.25) is 11.9 Å². The molecule has 146 valence electrons. The zero-order chi connectivity index (χ0) is 20.2. The van der Waals surface area contributed by atoms with Crippen molar-refractivity contribution in [3.8, 4) is 17.6 Å². The second kappa shape index (κ2) is 8.02. The molecule has 1 aliphatic heterocycles. The van der Waals surface area contributed by atoms with Crippen molar-refractivity contribution in [2.24, 2.45) is 0 Å². The SMILES string of the molecule is CCOc1cc([C@H]2CC(=O)Nc3ncnn32)ccc1OCc1ccc(C#N)cc1. The Hall–Kier alpha value is -3.86. The van der Waals surface area contributed by atoms with Crippen LogP contribution in [0.3, 0.4) is 0 Å². The normalized spacial score (nSPS) is 15.2. The number of fused-ring (bicyclic) bond motifs is 1. The summed E-state index contributed by atoms with van der Waals surface area (Å²) in [5.74, 6) is 1.55. The lowest BCUT2D eigenvalue weighted by molar-refractivity contribution is -0.117. The Morgan fingerprint density at radius 2 is 2.03 bits per heavy atom. The van der Waals surface area contributed by atoms with Gasteiger partial charge < -0.3 is 9.47 Å². The molecule has 0 saturated heterocycles. The van der Waals surface area contributed by atoms with E-state index in [1.807, 2.05) is 37.3 Å². The van der Waals surface area contributed by atoms with E-state index in [2.05, 4.69) is 21.5 Å². The third-order valence-electron chi connectivity index (χ3n) is 4.63. The first kappa shape index (κ1) is 18.5. The van der Waals surface area contributed by atoms with Gasteiger partial charge in [-0.3, -0.25) is 10.1 Å². The van der Waals surface area contributed by atoms with Gasteiger partial charge in [0.15, 0.2) is 11.5 Å². The molecule has 3 aromatic rings. The number of nitriles is 1. The topological polar surface area (TPSA) is 102 Å².